The van der Waals surface area contributed by atoms with Crippen LogP contribution in [0.2, 0.25) is 0 Å². The van der Waals surface area contributed by atoms with Crippen LogP contribution < -0.4 is 0 Å². The van der Waals surface area contributed by atoms with E-state index in [1.54, 1.807) is 0 Å². The van der Waals surface area contributed by atoms with Gasteiger partial charge in [0.2, 0.25) is 0 Å². The molecule has 19 heavy (non-hydrogen) atoms. The molecule has 3 nitrogen and oxygen atoms in total. The molecule has 0 saturated heterocycles. The fraction of sp³-hybridized carbons (Fsp3) is 0.938. The maximum Gasteiger partial charge on any atom is 0.304 e. The quantitative estimate of drug-likeness (QED) is 0.725. The Morgan fingerprint density at radius 3 is 1.74 bits per heavy atom. The third kappa shape index (κ3) is 8.25. The first kappa shape index (κ1) is 18.4. The van der Waals surface area contributed by atoms with Gasteiger partial charge in [-0.15, -0.1) is 0 Å². The van der Waals surface area contributed by atoms with E-state index in [1.165, 1.54) is 0 Å². The topological polar surface area (TPSA) is 40.5 Å². The summed E-state index contributed by atoms with van der Waals surface area (Å²) in [6.07, 6.45) is 2.49. The Bertz CT molecular complexity index is 256. The lowest BCUT2D eigenvalue weighted by Gasteiger charge is -2.43. The van der Waals surface area contributed by atoms with Crippen molar-refractivity contribution in [1.82, 2.24) is 4.90 Å². The minimum absolute atomic E-state index is 0.0178. The number of carboxylic acid groups (broad SMARTS) is 1. The second-order valence-corrected chi connectivity index (χ2v) is 7.42. The van der Waals surface area contributed by atoms with E-state index in [0.717, 1.165) is 12.8 Å². The van der Waals surface area contributed by atoms with Gasteiger partial charge in [0.05, 0.1) is 6.42 Å². The average molecular weight is 271 g/mol. The van der Waals surface area contributed by atoms with E-state index >= 15 is 0 Å². The molecule has 0 saturated carbocycles. The second kappa shape index (κ2) is 7.88. The first-order valence-electron chi connectivity index (χ1n) is 7.52. The number of nitrogens with zero attached hydrogens (tertiary/aromatic N) is 1. The summed E-state index contributed by atoms with van der Waals surface area (Å²) < 4.78 is 0. The third-order valence-electron chi connectivity index (χ3n) is 3.36. The highest BCUT2D eigenvalue weighted by Gasteiger charge is 2.29. The zero-order valence-electron chi connectivity index (χ0n) is 13.9. The minimum Gasteiger partial charge on any atom is -0.481 e. The molecule has 0 amide bonds. The van der Waals surface area contributed by atoms with Crippen molar-refractivity contribution in [2.24, 2.45) is 11.8 Å². The standard InChI is InChI=1S/C16H33NO2/c1-12(2)10-14(11-13(3)4)17(16(5,6)7)9-8-15(18)19/h12-14H,8-11H2,1-7H3,(H,18,19). The third-order valence-corrected chi connectivity index (χ3v) is 3.36. The highest BCUT2D eigenvalue weighted by Crippen LogP contribution is 2.26. The van der Waals surface area contributed by atoms with E-state index < -0.39 is 5.97 Å². The van der Waals surface area contributed by atoms with E-state index in [9.17, 15) is 4.79 Å². The molecule has 114 valence electrons. The Morgan fingerprint density at radius 2 is 1.47 bits per heavy atom. The maximum atomic E-state index is 10.9. The molecule has 1 N–H and O–H groups in total. The number of rotatable bonds is 8. The van der Waals surface area contributed by atoms with Gasteiger partial charge in [-0.1, -0.05) is 27.7 Å². The van der Waals surface area contributed by atoms with E-state index in [1.807, 2.05) is 0 Å². The van der Waals surface area contributed by atoms with E-state index in [0.29, 0.717) is 24.4 Å². The van der Waals surface area contributed by atoms with Gasteiger partial charge in [-0.05, 0) is 45.4 Å². The normalized spacial score (nSPS) is 13.0. The molecule has 0 spiro atoms. The number of aliphatic carboxylic acids is 1. The van der Waals surface area contributed by atoms with Crippen LogP contribution in [-0.2, 0) is 4.79 Å². The van der Waals surface area contributed by atoms with Gasteiger partial charge >= 0.3 is 5.97 Å². The highest BCUT2D eigenvalue weighted by atomic mass is 16.4. The molecule has 0 unspecified atom stereocenters. The summed E-state index contributed by atoms with van der Waals surface area (Å²) >= 11 is 0. The lowest BCUT2D eigenvalue weighted by atomic mass is 9.90. The van der Waals surface area contributed by atoms with Crippen LogP contribution in [-0.4, -0.2) is 34.1 Å². The smallest absolute Gasteiger partial charge is 0.304 e. The average Bonchev–Trinajstić information content (AvgIpc) is 2.12. The zero-order valence-corrected chi connectivity index (χ0v) is 13.9. The van der Waals surface area contributed by atoms with Crippen molar-refractivity contribution in [2.75, 3.05) is 6.54 Å². The van der Waals surface area contributed by atoms with Crippen LogP contribution in [0.25, 0.3) is 0 Å². The predicted molar refractivity (Wildman–Crippen MR) is 81.4 cm³/mol. The second-order valence-electron chi connectivity index (χ2n) is 7.42. The van der Waals surface area contributed by atoms with Gasteiger partial charge in [0.15, 0.2) is 0 Å². The van der Waals surface area contributed by atoms with Crippen LogP contribution in [0.5, 0.6) is 0 Å². The Morgan fingerprint density at radius 1 is 1.05 bits per heavy atom. The Balaban J connectivity index is 4.94. The summed E-state index contributed by atoms with van der Waals surface area (Å²) in [4.78, 5) is 13.3. The molecule has 0 aliphatic carbocycles. The van der Waals surface area contributed by atoms with Gasteiger partial charge in [0.25, 0.3) is 0 Å². The Labute approximate surface area is 119 Å². The molecule has 0 aromatic carbocycles. The van der Waals surface area contributed by atoms with Crippen molar-refractivity contribution in [2.45, 2.75) is 79.3 Å². The summed E-state index contributed by atoms with van der Waals surface area (Å²) in [6, 6.07) is 0.472. The number of carboxylic acids is 1. The summed E-state index contributed by atoms with van der Waals surface area (Å²) in [5.74, 6) is 0.568. The SMILES string of the molecule is CC(C)CC(CC(C)C)N(CCC(=O)O)C(C)(C)C. The molecule has 3 heteroatoms. The van der Waals surface area contributed by atoms with Crippen LogP contribution in [0.4, 0.5) is 0 Å². The Hall–Kier alpha value is -0.570. The monoisotopic (exact) mass is 271 g/mol. The lowest BCUT2D eigenvalue weighted by Crippen LogP contribution is -2.50. The molecule has 0 aromatic heterocycles. The summed E-state index contributed by atoms with van der Waals surface area (Å²) in [6.45, 7) is 16.2. The first-order valence-corrected chi connectivity index (χ1v) is 7.52. The lowest BCUT2D eigenvalue weighted by molar-refractivity contribution is -0.137. The fourth-order valence-corrected chi connectivity index (χ4v) is 2.72. The van der Waals surface area contributed by atoms with Crippen LogP contribution in [0.1, 0.15) is 67.7 Å². The zero-order chi connectivity index (χ0) is 15.2. The minimum atomic E-state index is -0.706. The molecular formula is C16H33NO2. The van der Waals surface area contributed by atoms with Crippen molar-refractivity contribution in [3.63, 3.8) is 0 Å². The van der Waals surface area contributed by atoms with Crippen LogP contribution in [0, 0.1) is 11.8 Å². The molecule has 0 aromatic rings. The van der Waals surface area contributed by atoms with Crippen LogP contribution in [0.15, 0.2) is 0 Å². The molecule has 0 aliphatic heterocycles. The van der Waals surface area contributed by atoms with Crippen molar-refractivity contribution in [1.29, 1.82) is 0 Å². The largest absolute Gasteiger partial charge is 0.481 e. The molecule has 0 aliphatic rings. The van der Waals surface area contributed by atoms with Gasteiger partial charge in [-0.2, -0.15) is 0 Å². The van der Waals surface area contributed by atoms with Crippen molar-refractivity contribution in [3.05, 3.63) is 0 Å². The van der Waals surface area contributed by atoms with E-state index in [2.05, 4.69) is 53.4 Å². The molecule has 0 heterocycles. The van der Waals surface area contributed by atoms with Crippen LogP contribution >= 0.6 is 0 Å². The van der Waals surface area contributed by atoms with Crippen molar-refractivity contribution < 1.29 is 9.90 Å². The molecular weight excluding hydrogens is 238 g/mol. The molecule has 0 rings (SSSR count). The number of carbonyl (C=O) groups is 1. The highest BCUT2D eigenvalue weighted by molar-refractivity contribution is 5.66. The van der Waals surface area contributed by atoms with Gasteiger partial charge in [-0.25, -0.2) is 0 Å². The van der Waals surface area contributed by atoms with Gasteiger partial charge < -0.3 is 5.11 Å². The number of hydrogen-bond acceptors (Lipinski definition) is 2. The number of hydrogen-bond donors (Lipinski definition) is 1. The predicted octanol–water partition coefficient (Wildman–Crippen LogP) is 4.02. The Kier molecular flexibility index (Phi) is 7.65. The summed E-state index contributed by atoms with van der Waals surface area (Å²) in [5.41, 5.74) is 0.0178. The fourth-order valence-electron chi connectivity index (χ4n) is 2.72. The first-order chi connectivity index (χ1) is 8.54. The van der Waals surface area contributed by atoms with Crippen molar-refractivity contribution >= 4 is 5.97 Å². The molecule has 0 radical (unpaired) electrons. The molecule has 0 bridgehead atoms. The van der Waals surface area contributed by atoms with Crippen molar-refractivity contribution in [3.8, 4) is 0 Å². The van der Waals surface area contributed by atoms with Gasteiger partial charge in [-0.3, -0.25) is 9.69 Å². The van der Waals surface area contributed by atoms with Crippen LogP contribution in [0.3, 0.4) is 0 Å². The maximum absolute atomic E-state index is 10.9. The van der Waals surface area contributed by atoms with Gasteiger partial charge in [0.1, 0.15) is 0 Å². The van der Waals surface area contributed by atoms with E-state index in [-0.39, 0.29) is 12.0 Å². The molecule has 0 atom stereocenters. The summed E-state index contributed by atoms with van der Waals surface area (Å²) in [7, 11) is 0. The summed E-state index contributed by atoms with van der Waals surface area (Å²) in [5, 5.41) is 8.95. The van der Waals surface area contributed by atoms with E-state index in [4.69, 9.17) is 5.11 Å². The van der Waals surface area contributed by atoms with Gasteiger partial charge in [0, 0.05) is 18.1 Å². The molecule has 0 fully saturated rings.